The van der Waals surface area contributed by atoms with E-state index < -0.39 is 15.9 Å². The number of amides is 1. The van der Waals surface area contributed by atoms with E-state index in [2.05, 4.69) is 10.3 Å². The molecule has 1 atom stereocenters. The van der Waals surface area contributed by atoms with E-state index in [-0.39, 0.29) is 23.2 Å². The van der Waals surface area contributed by atoms with Crippen LogP contribution >= 0.6 is 0 Å². The van der Waals surface area contributed by atoms with Gasteiger partial charge in [-0.3, -0.25) is 9.78 Å². The molecule has 7 nitrogen and oxygen atoms in total. The van der Waals surface area contributed by atoms with E-state index in [9.17, 15) is 17.6 Å². The first-order chi connectivity index (χ1) is 15.4. The number of hydrogen-bond donors (Lipinski definition) is 1. The number of pyridine rings is 1. The Hall–Kier alpha value is -3.59. The fourth-order valence-electron chi connectivity index (χ4n) is 3.93. The van der Waals surface area contributed by atoms with E-state index in [4.69, 9.17) is 5.10 Å². The molecule has 5 rings (SSSR count). The van der Waals surface area contributed by atoms with Gasteiger partial charge in [-0.1, -0.05) is 0 Å². The summed E-state index contributed by atoms with van der Waals surface area (Å²) in [5, 5.41) is 8.35. The molecule has 1 amide bonds. The highest BCUT2D eigenvalue weighted by molar-refractivity contribution is 7.91. The molecule has 2 aromatic heterocycles. The summed E-state index contributed by atoms with van der Waals surface area (Å²) in [6, 6.07) is 14.5. The van der Waals surface area contributed by atoms with Crippen LogP contribution in [0.1, 0.15) is 16.8 Å². The highest BCUT2D eigenvalue weighted by Gasteiger charge is 2.29. The van der Waals surface area contributed by atoms with Gasteiger partial charge in [-0.15, -0.1) is 0 Å². The molecule has 3 heterocycles. The number of hydrogen-bond acceptors (Lipinski definition) is 5. The van der Waals surface area contributed by atoms with E-state index in [0.29, 0.717) is 28.9 Å². The molecule has 0 saturated carbocycles. The lowest BCUT2D eigenvalue weighted by atomic mass is 10.1. The monoisotopic (exact) mass is 450 g/mol. The summed E-state index contributed by atoms with van der Waals surface area (Å²) in [6.45, 7) is 0. The number of rotatable bonds is 4. The number of benzene rings is 2. The van der Waals surface area contributed by atoms with Gasteiger partial charge in [-0.25, -0.2) is 17.5 Å². The third-order valence-electron chi connectivity index (χ3n) is 5.52. The summed E-state index contributed by atoms with van der Waals surface area (Å²) in [6.07, 6.45) is 3.79. The van der Waals surface area contributed by atoms with Gasteiger partial charge in [0, 0.05) is 34.9 Å². The minimum absolute atomic E-state index is 0.0420. The van der Waals surface area contributed by atoms with E-state index in [1.54, 1.807) is 41.3 Å². The first-order valence-corrected chi connectivity index (χ1v) is 11.9. The SMILES string of the molecule is O=C(N[C@@H]1CCS(=O)(=O)C1)c1ccc2c(-c3cccnc3)nn(-c3ccc(F)cc3)c2c1. The summed E-state index contributed by atoms with van der Waals surface area (Å²) in [5.74, 6) is -0.657. The Morgan fingerprint density at radius 3 is 2.62 bits per heavy atom. The van der Waals surface area contributed by atoms with Gasteiger partial charge in [0.05, 0.1) is 22.7 Å². The van der Waals surface area contributed by atoms with Crippen LogP contribution in [0.3, 0.4) is 0 Å². The van der Waals surface area contributed by atoms with Crippen LogP contribution in [-0.4, -0.2) is 46.6 Å². The summed E-state index contributed by atoms with van der Waals surface area (Å²) in [7, 11) is -3.10. The fraction of sp³-hybridized carbons (Fsp3) is 0.174. The van der Waals surface area contributed by atoms with Crippen LogP contribution in [0.5, 0.6) is 0 Å². The van der Waals surface area contributed by atoms with E-state index >= 15 is 0 Å². The van der Waals surface area contributed by atoms with Crippen molar-refractivity contribution in [1.29, 1.82) is 0 Å². The van der Waals surface area contributed by atoms with Gasteiger partial charge in [0.25, 0.3) is 5.91 Å². The first-order valence-electron chi connectivity index (χ1n) is 10.1. The second-order valence-corrected chi connectivity index (χ2v) is 10.0. The van der Waals surface area contributed by atoms with Crippen molar-refractivity contribution in [3.05, 3.63) is 78.4 Å². The quantitative estimate of drug-likeness (QED) is 0.516. The van der Waals surface area contributed by atoms with Crippen molar-refractivity contribution in [3.63, 3.8) is 0 Å². The van der Waals surface area contributed by atoms with Crippen LogP contribution in [0.25, 0.3) is 27.8 Å². The Morgan fingerprint density at radius 2 is 1.94 bits per heavy atom. The molecule has 1 aliphatic heterocycles. The van der Waals surface area contributed by atoms with Crippen LogP contribution < -0.4 is 5.32 Å². The Morgan fingerprint density at radius 1 is 1.12 bits per heavy atom. The Labute approximate surface area is 183 Å². The molecule has 1 fully saturated rings. The first kappa shape index (κ1) is 20.3. The standard InChI is InChI=1S/C23H19FN4O3S/c24-17-4-6-19(7-5-17)28-21-12-15(23(29)26-18-9-11-32(30,31)14-18)3-8-20(21)22(27-28)16-2-1-10-25-13-16/h1-8,10,12-13,18H,9,11,14H2,(H,26,29)/t18-/m1/s1. The fourth-order valence-corrected chi connectivity index (χ4v) is 5.60. The molecule has 32 heavy (non-hydrogen) atoms. The number of halogens is 1. The number of aromatic nitrogens is 3. The van der Waals surface area contributed by atoms with E-state index in [1.807, 2.05) is 18.2 Å². The molecule has 162 valence electrons. The molecule has 2 aromatic carbocycles. The number of carbonyl (C=O) groups is 1. The molecule has 0 radical (unpaired) electrons. The molecule has 4 aromatic rings. The zero-order valence-corrected chi connectivity index (χ0v) is 17.7. The Kier molecular flexibility index (Phi) is 4.97. The van der Waals surface area contributed by atoms with E-state index in [0.717, 1.165) is 10.9 Å². The van der Waals surface area contributed by atoms with Gasteiger partial charge in [0.2, 0.25) is 0 Å². The van der Waals surface area contributed by atoms with Gasteiger partial charge < -0.3 is 5.32 Å². The van der Waals surface area contributed by atoms with Crippen molar-refractivity contribution in [1.82, 2.24) is 20.1 Å². The van der Waals surface area contributed by atoms with Crippen LogP contribution in [0.15, 0.2) is 67.0 Å². The summed E-state index contributed by atoms with van der Waals surface area (Å²) < 4.78 is 38.5. The van der Waals surface area contributed by atoms with Crippen molar-refractivity contribution in [3.8, 4) is 16.9 Å². The van der Waals surface area contributed by atoms with Crippen molar-refractivity contribution >= 4 is 26.6 Å². The van der Waals surface area contributed by atoms with Gasteiger partial charge in [-0.2, -0.15) is 5.10 Å². The maximum absolute atomic E-state index is 13.5. The molecule has 0 bridgehead atoms. The minimum atomic E-state index is -3.10. The van der Waals surface area contributed by atoms with Gasteiger partial charge in [0.15, 0.2) is 9.84 Å². The van der Waals surface area contributed by atoms with Gasteiger partial charge in [0.1, 0.15) is 11.5 Å². The molecular formula is C23H19FN4O3S. The van der Waals surface area contributed by atoms with Crippen LogP contribution in [0, 0.1) is 5.82 Å². The van der Waals surface area contributed by atoms with Crippen molar-refractivity contribution in [2.24, 2.45) is 0 Å². The number of nitrogens with one attached hydrogen (secondary N) is 1. The third kappa shape index (κ3) is 3.87. The van der Waals surface area contributed by atoms with Gasteiger partial charge in [-0.05, 0) is 61.0 Å². The Balaban J connectivity index is 1.58. The summed E-state index contributed by atoms with van der Waals surface area (Å²) in [4.78, 5) is 17.0. The second-order valence-electron chi connectivity index (χ2n) is 7.78. The lowest BCUT2D eigenvalue weighted by Crippen LogP contribution is -2.35. The molecule has 0 spiro atoms. The average Bonchev–Trinajstić information content (AvgIpc) is 3.34. The molecule has 1 aliphatic rings. The van der Waals surface area contributed by atoms with Crippen molar-refractivity contribution in [2.45, 2.75) is 12.5 Å². The number of nitrogens with zero attached hydrogens (tertiary/aromatic N) is 3. The zero-order valence-electron chi connectivity index (χ0n) is 16.9. The molecule has 9 heteroatoms. The predicted molar refractivity (Wildman–Crippen MR) is 119 cm³/mol. The largest absolute Gasteiger partial charge is 0.348 e. The molecule has 0 aliphatic carbocycles. The molecule has 1 saturated heterocycles. The van der Waals surface area contributed by atoms with Crippen LogP contribution in [-0.2, 0) is 9.84 Å². The van der Waals surface area contributed by atoms with Crippen LogP contribution in [0.2, 0.25) is 0 Å². The highest BCUT2D eigenvalue weighted by Crippen LogP contribution is 2.30. The predicted octanol–water partition coefficient (Wildman–Crippen LogP) is 3.14. The topological polar surface area (TPSA) is 93.9 Å². The number of carbonyl (C=O) groups excluding carboxylic acids is 1. The van der Waals surface area contributed by atoms with E-state index in [1.165, 1.54) is 12.1 Å². The zero-order chi connectivity index (χ0) is 22.3. The van der Waals surface area contributed by atoms with Crippen molar-refractivity contribution in [2.75, 3.05) is 11.5 Å². The maximum Gasteiger partial charge on any atom is 0.251 e. The normalized spacial score (nSPS) is 17.5. The third-order valence-corrected chi connectivity index (χ3v) is 7.28. The lowest BCUT2D eigenvalue weighted by Gasteiger charge is -2.11. The highest BCUT2D eigenvalue weighted by atomic mass is 32.2. The molecule has 1 N–H and O–H groups in total. The molecular weight excluding hydrogens is 431 g/mol. The van der Waals surface area contributed by atoms with Crippen LogP contribution in [0.4, 0.5) is 4.39 Å². The summed E-state index contributed by atoms with van der Waals surface area (Å²) in [5.41, 5.74) is 3.20. The van der Waals surface area contributed by atoms with Crippen molar-refractivity contribution < 1.29 is 17.6 Å². The summed E-state index contributed by atoms with van der Waals surface area (Å²) >= 11 is 0. The minimum Gasteiger partial charge on any atom is -0.348 e. The average molecular weight is 450 g/mol. The number of sulfone groups is 1. The smallest absolute Gasteiger partial charge is 0.251 e. The maximum atomic E-state index is 13.5. The lowest BCUT2D eigenvalue weighted by molar-refractivity contribution is 0.0941. The van der Waals surface area contributed by atoms with Gasteiger partial charge >= 0.3 is 0 Å². The Bertz CT molecular complexity index is 1420. The number of fused-ring (bicyclic) bond motifs is 1. The second kappa shape index (κ2) is 7.83. The molecule has 0 unspecified atom stereocenters.